The van der Waals surface area contributed by atoms with Gasteiger partial charge in [-0.3, -0.25) is 4.79 Å². The number of carbonyl (C=O) groups excluding carboxylic acids is 1. The molecule has 2 heteroatoms. The average Bonchev–Trinajstić information content (AvgIpc) is 2.32. The van der Waals surface area contributed by atoms with Gasteiger partial charge in [-0.2, -0.15) is 0 Å². The van der Waals surface area contributed by atoms with Gasteiger partial charge in [0.25, 0.3) is 0 Å². The van der Waals surface area contributed by atoms with E-state index >= 15 is 0 Å². The Labute approximate surface area is 66.9 Å². The fourth-order valence-electron chi connectivity index (χ4n) is 1.96. The first-order valence-electron chi connectivity index (χ1n) is 4.20. The van der Waals surface area contributed by atoms with Gasteiger partial charge in [-0.05, 0) is 31.0 Å². The van der Waals surface area contributed by atoms with Crippen LogP contribution in [-0.2, 0) is 4.79 Å². The Kier molecular flexibility index (Phi) is 1.57. The monoisotopic (exact) mass is 151 g/mol. The molecule has 0 aromatic carbocycles. The molecule has 0 fully saturated rings. The van der Waals surface area contributed by atoms with Crippen molar-refractivity contribution in [2.75, 3.05) is 20.1 Å². The van der Waals surface area contributed by atoms with Gasteiger partial charge in [-0.25, -0.2) is 0 Å². The maximum absolute atomic E-state index is 11.2. The number of rotatable bonds is 0. The Balaban J connectivity index is 2.24. The minimum Gasteiger partial charge on any atom is -0.302 e. The predicted molar refractivity (Wildman–Crippen MR) is 43.4 cm³/mol. The highest BCUT2D eigenvalue weighted by atomic mass is 16.1. The van der Waals surface area contributed by atoms with E-state index in [0.29, 0.717) is 5.78 Å². The molecule has 2 nitrogen and oxygen atoms in total. The lowest BCUT2D eigenvalue weighted by molar-refractivity contribution is -0.115. The van der Waals surface area contributed by atoms with Gasteiger partial charge >= 0.3 is 0 Å². The van der Waals surface area contributed by atoms with Crippen molar-refractivity contribution in [3.05, 3.63) is 11.1 Å². The summed E-state index contributed by atoms with van der Waals surface area (Å²) in [5.41, 5.74) is 2.56. The van der Waals surface area contributed by atoms with Gasteiger partial charge in [0, 0.05) is 19.5 Å². The third-order valence-electron chi connectivity index (χ3n) is 2.62. The first-order valence-corrected chi connectivity index (χ1v) is 4.20. The second kappa shape index (κ2) is 2.45. The molecule has 0 amide bonds. The number of hydrogen-bond acceptors (Lipinski definition) is 2. The molecular formula is C9H13NO. The second-order valence-corrected chi connectivity index (χ2v) is 3.49. The highest BCUT2D eigenvalue weighted by Gasteiger charge is 2.26. The maximum atomic E-state index is 11.2. The molecular weight excluding hydrogens is 138 g/mol. The Hall–Kier alpha value is -0.630. The molecule has 0 saturated carbocycles. The number of ketones is 1. The third-order valence-corrected chi connectivity index (χ3v) is 2.62. The van der Waals surface area contributed by atoms with Crippen LogP contribution in [-0.4, -0.2) is 30.8 Å². The number of hydrogen-bond donors (Lipinski definition) is 0. The van der Waals surface area contributed by atoms with E-state index in [4.69, 9.17) is 0 Å². The molecule has 0 radical (unpaired) electrons. The Morgan fingerprint density at radius 1 is 1.27 bits per heavy atom. The van der Waals surface area contributed by atoms with Gasteiger partial charge < -0.3 is 4.90 Å². The molecule has 2 aliphatic rings. The summed E-state index contributed by atoms with van der Waals surface area (Å²) in [5, 5.41) is 0. The van der Waals surface area contributed by atoms with Crippen molar-refractivity contribution in [1.29, 1.82) is 0 Å². The molecule has 0 N–H and O–H groups in total. The lowest BCUT2D eigenvalue weighted by Gasteiger charge is -2.23. The van der Waals surface area contributed by atoms with Gasteiger partial charge in [0.05, 0.1) is 0 Å². The summed E-state index contributed by atoms with van der Waals surface area (Å²) >= 11 is 0. The van der Waals surface area contributed by atoms with Crippen LogP contribution < -0.4 is 0 Å². The van der Waals surface area contributed by atoms with E-state index in [2.05, 4.69) is 11.9 Å². The van der Waals surface area contributed by atoms with Crippen molar-refractivity contribution in [1.82, 2.24) is 4.90 Å². The van der Waals surface area contributed by atoms with Crippen LogP contribution in [0.4, 0.5) is 0 Å². The SMILES string of the molecule is CN1CCC2=C(CCC2=O)C1. The van der Waals surface area contributed by atoms with Crippen molar-refractivity contribution in [2.45, 2.75) is 19.3 Å². The van der Waals surface area contributed by atoms with Gasteiger partial charge in [0.1, 0.15) is 0 Å². The van der Waals surface area contributed by atoms with E-state index in [1.165, 1.54) is 5.57 Å². The largest absolute Gasteiger partial charge is 0.302 e. The van der Waals surface area contributed by atoms with Crippen LogP contribution in [0.1, 0.15) is 19.3 Å². The minimum absolute atomic E-state index is 0.410. The highest BCUT2D eigenvalue weighted by molar-refractivity contribution is 5.98. The lowest BCUT2D eigenvalue weighted by Crippen LogP contribution is -2.27. The van der Waals surface area contributed by atoms with Crippen LogP contribution >= 0.6 is 0 Å². The van der Waals surface area contributed by atoms with Crippen LogP contribution in [0.15, 0.2) is 11.1 Å². The van der Waals surface area contributed by atoms with E-state index in [1.807, 2.05) is 0 Å². The molecule has 1 heterocycles. The summed E-state index contributed by atoms with van der Waals surface area (Å²) in [6, 6.07) is 0. The van der Waals surface area contributed by atoms with E-state index in [9.17, 15) is 4.79 Å². The zero-order chi connectivity index (χ0) is 7.84. The summed E-state index contributed by atoms with van der Waals surface area (Å²) in [6.45, 7) is 2.09. The van der Waals surface area contributed by atoms with Crippen molar-refractivity contribution in [3.63, 3.8) is 0 Å². The van der Waals surface area contributed by atoms with Crippen LogP contribution in [0.2, 0.25) is 0 Å². The smallest absolute Gasteiger partial charge is 0.159 e. The summed E-state index contributed by atoms with van der Waals surface area (Å²) in [6.07, 6.45) is 2.79. The molecule has 0 unspecified atom stereocenters. The van der Waals surface area contributed by atoms with Crippen molar-refractivity contribution < 1.29 is 4.79 Å². The fraction of sp³-hybridized carbons (Fsp3) is 0.667. The van der Waals surface area contributed by atoms with Crippen molar-refractivity contribution >= 4 is 5.78 Å². The van der Waals surface area contributed by atoms with Crippen LogP contribution in [0, 0.1) is 0 Å². The Bertz CT molecular complexity index is 230. The van der Waals surface area contributed by atoms with Crippen LogP contribution in [0.3, 0.4) is 0 Å². The van der Waals surface area contributed by atoms with E-state index in [1.54, 1.807) is 0 Å². The zero-order valence-corrected chi connectivity index (χ0v) is 6.89. The van der Waals surface area contributed by atoms with Gasteiger partial charge in [0.15, 0.2) is 5.78 Å². The van der Waals surface area contributed by atoms with Crippen LogP contribution in [0.5, 0.6) is 0 Å². The topological polar surface area (TPSA) is 20.3 Å². The van der Waals surface area contributed by atoms with E-state index in [-0.39, 0.29) is 0 Å². The first-order chi connectivity index (χ1) is 5.27. The molecule has 0 aromatic heterocycles. The molecule has 0 aromatic rings. The van der Waals surface area contributed by atoms with Gasteiger partial charge in [-0.1, -0.05) is 0 Å². The highest BCUT2D eigenvalue weighted by Crippen LogP contribution is 2.28. The normalized spacial score (nSPS) is 26.1. The molecule has 0 atom stereocenters. The molecule has 1 aliphatic carbocycles. The molecule has 60 valence electrons. The zero-order valence-electron chi connectivity index (χ0n) is 6.89. The number of likely N-dealkylation sites (N-methyl/N-ethyl adjacent to an activating group) is 1. The second-order valence-electron chi connectivity index (χ2n) is 3.49. The average molecular weight is 151 g/mol. The van der Waals surface area contributed by atoms with Crippen molar-refractivity contribution in [2.24, 2.45) is 0 Å². The fourth-order valence-corrected chi connectivity index (χ4v) is 1.96. The molecule has 0 bridgehead atoms. The summed E-state index contributed by atoms with van der Waals surface area (Å²) < 4.78 is 0. The van der Waals surface area contributed by atoms with Gasteiger partial charge in [0.2, 0.25) is 0 Å². The lowest BCUT2D eigenvalue weighted by atomic mass is 10.0. The number of nitrogens with zero attached hydrogens (tertiary/aromatic N) is 1. The molecule has 2 rings (SSSR count). The summed E-state index contributed by atoms with van der Waals surface area (Å²) in [5.74, 6) is 0.410. The number of carbonyl (C=O) groups is 1. The first kappa shape index (κ1) is 7.04. The predicted octanol–water partition coefficient (Wildman–Crippen LogP) is 0.981. The maximum Gasteiger partial charge on any atom is 0.159 e. The molecule has 1 aliphatic heterocycles. The van der Waals surface area contributed by atoms with E-state index in [0.717, 1.165) is 37.9 Å². The standard InChI is InChI=1S/C9H13NO/c1-10-5-4-8-7(6-10)2-3-9(8)11/h2-6H2,1H3. The van der Waals surface area contributed by atoms with E-state index < -0.39 is 0 Å². The molecule has 11 heavy (non-hydrogen) atoms. The van der Waals surface area contributed by atoms with Crippen molar-refractivity contribution in [3.8, 4) is 0 Å². The summed E-state index contributed by atoms with van der Waals surface area (Å²) in [7, 11) is 2.12. The Morgan fingerprint density at radius 3 is 2.91 bits per heavy atom. The molecule has 0 saturated heterocycles. The number of Topliss-reactive ketones (excluding diaryl/α,β-unsaturated/α-hetero) is 1. The minimum atomic E-state index is 0.410. The third kappa shape index (κ3) is 1.11. The molecule has 0 spiro atoms. The van der Waals surface area contributed by atoms with Crippen LogP contribution in [0.25, 0.3) is 0 Å². The summed E-state index contributed by atoms with van der Waals surface area (Å²) in [4.78, 5) is 13.5. The Morgan fingerprint density at radius 2 is 2.09 bits per heavy atom. The quantitative estimate of drug-likeness (QED) is 0.514. The van der Waals surface area contributed by atoms with Gasteiger partial charge in [-0.15, -0.1) is 0 Å².